The Morgan fingerprint density at radius 2 is 1.88 bits per heavy atom. The molecule has 0 fully saturated rings. The summed E-state index contributed by atoms with van der Waals surface area (Å²) in [6.07, 6.45) is 3.42. The number of rotatable bonds is 6. The number of pyridine rings is 1. The van der Waals surface area contributed by atoms with E-state index < -0.39 is 0 Å². The maximum Gasteiger partial charge on any atom is 0.269 e. The number of benzene rings is 1. The van der Waals surface area contributed by atoms with E-state index in [-0.39, 0.29) is 5.91 Å². The third kappa shape index (κ3) is 3.85. The van der Waals surface area contributed by atoms with Crippen LogP contribution >= 0.6 is 0 Å². The lowest BCUT2D eigenvalue weighted by Gasteiger charge is -2.06. The first-order valence-electron chi connectivity index (χ1n) is 8.10. The number of carbonyl (C=O) groups excluding carboxylic acids is 1. The minimum atomic E-state index is -0.147. The second-order valence-electron chi connectivity index (χ2n) is 5.50. The molecule has 0 aliphatic heterocycles. The van der Waals surface area contributed by atoms with Crippen LogP contribution in [-0.2, 0) is 13.1 Å². The second kappa shape index (κ2) is 7.61. The van der Waals surface area contributed by atoms with Gasteiger partial charge in [0.15, 0.2) is 0 Å². The molecule has 3 rings (SSSR count). The van der Waals surface area contributed by atoms with Gasteiger partial charge in [0.05, 0.1) is 12.8 Å². The molecule has 0 spiro atoms. The first kappa shape index (κ1) is 16.7. The molecular formula is C19H20N4O2. The fraction of sp³-hybridized carbons (Fsp3) is 0.211. The summed E-state index contributed by atoms with van der Waals surface area (Å²) in [5.74, 6) is 0.639. The molecule has 6 nitrogen and oxygen atoms in total. The molecule has 0 bridgehead atoms. The molecular weight excluding hydrogens is 316 g/mol. The van der Waals surface area contributed by atoms with Gasteiger partial charge in [-0.15, -0.1) is 0 Å². The fourth-order valence-corrected chi connectivity index (χ4v) is 2.52. The van der Waals surface area contributed by atoms with Crippen molar-refractivity contribution >= 4 is 5.91 Å². The Bertz CT molecular complexity index is 842. The van der Waals surface area contributed by atoms with Gasteiger partial charge in [0, 0.05) is 31.0 Å². The van der Waals surface area contributed by atoms with Gasteiger partial charge in [0.2, 0.25) is 0 Å². The molecule has 1 aromatic carbocycles. The molecule has 1 N–H and O–H groups in total. The zero-order valence-electron chi connectivity index (χ0n) is 14.3. The maximum absolute atomic E-state index is 12.5. The third-order valence-corrected chi connectivity index (χ3v) is 3.90. The summed E-state index contributed by atoms with van der Waals surface area (Å²) < 4.78 is 6.88. The van der Waals surface area contributed by atoms with E-state index in [0.717, 1.165) is 22.6 Å². The van der Waals surface area contributed by atoms with Gasteiger partial charge in [0.1, 0.15) is 11.4 Å². The van der Waals surface area contributed by atoms with Crippen molar-refractivity contribution in [3.63, 3.8) is 0 Å². The van der Waals surface area contributed by atoms with Crippen molar-refractivity contribution in [1.29, 1.82) is 0 Å². The monoisotopic (exact) mass is 336 g/mol. The first-order valence-corrected chi connectivity index (χ1v) is 8.10. The number of ether oxygens (including phenoxy) is 1. The number of hydrogen-bond donors (Lipinski definition) is 1. The molecule has 25 heavy (non-hydrogen) atoms. The third-order valence-electron chi connectivity index (χ3n) is 3.90. The molecule has 0 unspecified atom stereocenters. The highest BCUT2D eigenvalue weighted by atomic mass is 16.5. The van der Waals surface area contributed by atoms with Crippen LogP contribution in [0.2, 0.25) is 0 Å². The van der Waals surface area contributed by atoms with Gasteiger partial charge in [-0.05, 0) is 55.0 Å². The lowest BCUT2D eigenvalue weighted by Crippen LogP contribution is -2.25. The number of methoxy groups -OCH3 is 1. The average molecular weight is 336 g/mol. The molecule has 0 saturated heterocycles. The van der Waals surface area contributed by atoms with Crippen molar-refractivity contribution in [2.45, 2.75) is 20.0 Å². The Balaban J connectivity index is 1.78. The van der Waals surface area contributed by atoms with Crippen molar-refractivity contribution in [3.8, 4) is 17.0 Å². The van der Waals surface area contributed by atoms with E-state index in [1.165, 1.54) is 0 Å². The van der Waals surface area contributed by atoms with E-state index in [9.17, 15) is 4.79 Å². The standard InChI is InChI=1S/C19H20N4O2/c1-3-23-18(19(24)21-13-14-8-10-20-11-9-14)12-17(22-23)15-4-6-16(25-2)7-5-15/h4-12H,3,13H2,1-2H3,(H,21,24). The zero-order valence-corrected chi connectivity index (χ0v) is 14.3. The first-order chi connectivity index (χ1) is 12.2. The average Bonchev–Trinajstić information content (AvgIpc) is 3.11. The van der Waals surface area contributed by atoms with Gasteiger partial charge in [-0.2, -0.15) is 5.10 Å². The van der Waals surface area contributed by atoms with Gasteiger partial charge in [0.25, 0.3) is 5.91 Å². The van der Waals surface area contributed by atoms with Crippen LogP contribution in [0.15, 0.2) is 54.9 Å². The Kier molecular flexibility index (Phi) is 5.09. The van der Waals surface area contributed by atoms with Crippen molar-refractivity contribution in [2.24, 2.45) is 0 Å². The van der Waals surface area contributed by atoms with Gasteiger partial charge in [-0.3, -0.25) is 14.5 Å². The van der Waals surface area contributed by atoms with Crippen LogP contribution in [0.3, 0.4) is 0 Å². The number of nitrogens with one attached hydrogen (secondary N) is 1. The minimum Gasteiger partial charge on any atom is -0.497 e. The van der Waals surface area contributed by atoms with E-state index in [1.807, 2.05) is 49.4 Å². The molecule has 2 heterocycles. The molecule has 6 heteroatoms. The summed E-state index contributed by atoms with van der Waals surface area (Å²) in [5.41, 5.74) is 3.25. The topological polar surface area (TPSA) is 69.0 Å². The Morgan fingerprint density at radius 1 is 1.16 bits per heavy atom. The van der Waals surface area contributed by atoms with Gasteiger partial charge in [-0.25, -0.2) is 0 Å². The predicted octanol–water partition coefficient (Wildman–Crippen LogP) is 2.90. The predicted molar refractivity (Wildman–Crippen MR) is 95.3 cm³/mol. The molecule has 0 atom stereocenters. The molecule has 0 aliphatic rings. The summed E-state index contributed by atoms with van der Waals surface area (Å²) in [4.78, 5) is 16.5. The van der Waals surface area contributed by atoms with Crippen molar-refractivity contribution in [1.82, 2.24) is 20.1 Å². The fourth-order valence-electron chi connectivity index (χ4n) is 2.52. The van der Waals surface area contributed by atoms with Crippen LogP contribution in [0, 0.1) is 0 Å². The van der Waals surface area contributed by atoms with Crippen LogP contribution in [0.25, 0.3) is 11.3 Å². The van der Waals surface area contributed by atoms with E-state index in [4.69, 9.17) is 4.74 Å². The molecule has 0 saturated carbocycles. The van der Waals surface area contributed by atoms with Gasteiger partial charge < -0.3 is 10.1 Å². The largest absolute Gasteiger partial charge is 0.497 e. The van der Waals surface area contributed by atoms with Crippen molar-refractivity contribution < 1.29 is 9.53 Å². The van der Waals surface area contributed by atoms with Gasteiger partial charge in [-0.1, -0.05) is 0 Å². The molecule has 1 amide bonds. The molecule has 0 aliphatic carbocycles. The summed E-state index contributed by atoms with van der Waals surface area (Å²) in [6.45, 7) is 3.03. The molecule has 0 radical (unpaired) electrons. The number of nitrogens with zero attached hydrogens (tertiary/aromatic N) is 3. The van der Waals surface area contributed by atoms with Crippen LogP contribution in [0.1, 0.15) is 23.0 Å². The van der Waals surface area contributed by atoms with Crippen LogP contribution in [-0.4, -0.2) is 27.8 Å². The quantitative estimate of drug-likeness (QED) is 0.751. The number of hydrogen-bond acceptors (Lipinski definition) is 4. The SMILES string of the molecule is CCn1nc(-c2ccc(OC)cc2)cc1C(=O)NCc1ccncc1. The highest BCUT2D eigenvalue weighted by Crippen LogP contribution is 2.22. The van der Waals surface area contributed by atoms with E-state index in [2.05, 4.69) is 15.4 Å². The lowest BCUT2D eigenvalue weighted by molar-refractivity contribution is 0.0940. The van der Waals surface area contributed by atoms with Crippen LogP contribution in [0.4, 0.5) is 0 Å². The van der Waals surface area contributed by atoms with Crippen molar-refractivity contribution in [3.05, 3.63) is 66.1 Å². The summed E-state index contributed by atoms with van der Waals surface area (Å²) in [6, 6.07) is 13.2. The lowest BCUT2D eigenvalue weighted by atomic mass is 10.1. The zero-order chi connectivity index (χ0) is 17.6. The molecule has 3 aromatic rings. The minimum absolute atomic E-state index is 0.147. The summed E-state index contributed by atoms with van der Waals surface area (Å²) in [7, 11) is 1.63. The summed E-state index contributed by atoms with van der Waals surface area (Å²) in [5, 5.41) is 7.46. The Labute approximate surface area is 146 Å². The van der Waals surface area contributed by atoms with Crippen LogP contribution in [0.5, 0.6) is 5.75 Å². The van der Waals surface area contributed by atoms with Crippen molar-refractivity contribution in [2.75, 3.05) is 7.11 Å². The Hall–Kier alpha value is -3.15. The number of amides is 1. The van der Waals surface area contributed by atoms with Crippen LogP contribution < -0.4 is 10.1 Å². The number of carbonyl (C=O) groups is 1. The highest BCUT2D eigenvalue weighted by Gasteiger charge is 2.15. The second-order valence-corrected chi connectivity index (χ2v) is 5.50. The smallest absolute Gasteiger partial charge is 0.269 e. The number of aromatic nitrogens is 3. The van der Waals surface area contributed by atoms with Gasteiger partial charge >= 0.3 is 0 Å². The summed E-state index contributed by atoms with van der Waals surface area (Å²) >= 11 is 0. The highest BCUT2D eigenvalue weighted by molar-refractivity contribution is 5.93. The molecule has 2 aromatic heterocycles. The maximum atomic E-state index is 12.5. The Morgan fingerprint density at radius 3 is 2.52 bits per heavy atom. The van der Waals surface area contributed by atoms with E-state index >= 15 is 0 Å². The van der Waals surface area contributed by atoms with E-state index in [0.29, 0.717) is 18.8 Å². The number of aryl methyl sites for hydroxylation is 1. The molecule has 128 valence electrons. The normalized spacial score (nSPS) is 10.5. The van der Waals surface area contributed by atoms with E-state index in [1.54, 1.807) is 24.2 Å².